The molecule has 1 aromatic carbocycles. The van der Waals surface area contributed by atoms with Gasteiger partial charge in [0.2, 0.25) is 0 Å². The van der Waals surface area contributed by atoms with E-state index in [1.807, 2.05) is 22.9 Å². The Balaban J connectivity index is 2.29. The van der Waals surface area contributed by atoms with Gasteiger partial charge in [-0.05, 0) is 25.1 Å². The second-order valence-corrected chi connectivity index (χ2v) is 5.66. The molecule has 2 aromatic rings. The van der Waals surface area contributed by atoms with Crippen LogP contribution in [0.15, 0.2) is 24.5 Å². The summed E-state index contributed by atoms with van der Waals surface area (Å²) in [5.41, 5.74) is 0.925. The first-order chi connectivity index (χ1) is 10.2. The Morgan fingerprint density at radius 1 is 1.24 bits per heavy atom. The SMILES string of the molecule is CCCn1ncnc1CC(NCC)c1c(Cl)cccc1Cl. The van der Waals surface area contributed by atoms with Crippen molar-refractivity contribution in [3.8, 4) is 0 Å². The van der Waals surface area contributed by atoms with Crippen molar-refractivity contribution in [1.82, 2.24) is 20.1 Å². The topological polar surface area (TPSA) is 42.7 Å². The number of likely N-dealkylation sites (N-methyl/N-ethyl adjacent to an activating group) is 1. The third kappa shape index (κ3) is 3.96. The van der Waals surface area contributed by atoms with E-state index in [1.54, 1.807) is 6.33 Å². The lowest BCUT2D eigenvalue weighted by Gasteiger charge is -2.20. The molecule has 1 heterocycles. The molecule has 0 bridgehead atoms. The van der Waals surface area contributed by atoms with Gasteiger partial charge in [0.15, 0.2) is 0 Å². The smallest absolute Gasteiger partial charge is 0.138 e. The summed E-state index contributed by atoms with van der Waals surface area (Å²) in [5, 5.41) is 9.06. The van der Waals surface area contributed by atoms with Gasteiger partial charge in [-0.1, -0.05) is 43.1 Å². The van der Waals surface area contributed by atoms with Gasteiger partial charge < -0.3 is 5.32 Å². The second-order valence-electron chi connectivity index (χ2n) is 4.85. The predicted octanol–water partition coefficient (Wildman–Crippen LogP) is 3.89. The van der Waals surface area contributed by atoms with E-state index in [4.69, 9.17) is 23.2 Å². The zero-order valence-electron chi connectivity index (χ0n) is 12.3. The monoisotopic (exact) mass is 326 g/mol. The molecule has 1 aromatic heterocycles. The number of halogens is 2. The molecule has 2 rings (SSSR count). The maximum absolute atomic E-state index is 6.33. The maximum atomic E-state index is 6.33. The van der Waals surface area contributed by atoms with Crippen LogP contribution in [0, 0.1) is 0 Å². The van der Waals surface area contributed by atoms with Gasteiger partial charge in [0.1, 0.15) is 12.2 Å². The number of hydrogen-bond acceptors (Lipinski definition) is 3. The van der Waals surface area contributed by atoms with Crippen LogP contribution in [0.1, 0.15) is 37.7 Å². The molecule has 0 aliphatic heterocycles. The molecule has 114 valence electrons. The lowest BCUT2D eigenvalue weighted by Crippen LogP contribution is -2.25. The van der Waals surface area contributed by atoms with Crippen LogP contribution in [0.25, 0.3) is 0 Å². The van der Waals surface area contributed by atoms with Crippen molar-refractivity contribution in [2.75, 3.05) is 6.54 Å². The van der Waals surface area contributed by atoms with Crippen LogP contribution >= 0.6 is 23.2 Å². The summed E-state index contributed by atoms with van der Waals surface area (Å²) < 4.78 is 1.94. The van der Waals surface area contributed by atoms with Gasteiger partial charge in [-0.2, -0.15) is 5.10 Å². The quantitative estimate of drug-likeness (QED) is 0.839. The number of nitrogens with one attached hydrogen (secondary N) is 1. The Bertz CT molecular complexity index is 563. The van der Waals surface area contributed by atoms with Crippen molar-refractivity contribution in [2.24, 2.45) is 0 Å². The van der Waals surface area contributed by atoms with Crippen LogP contribution in [0.4, 0.5) is 0 Å². The molecule has 1 unspecified atom stereocenters. The van der Waals surface area contributed by atoms with E-state index < -0.39 is 0 Å². The average Bonchev–Trinajstić information content (AvgIpc) is 2.86. The average molecular weight is 327 g/mol. The van der Waals surface area contributed by atoms with E-state index in [1.165, 1.54) is 0 Å². The Kier molecular flexibility index (Phi) is 6.03. The molecular weight excluding hydrogens is 307 g/mol. The van der Waals surface area contributed by atoms with Gasteiger partial charge in [0, 0.05) is 34.6 Å². The summed E-state index contributed by atoms with van der Waals surface area (Å²) >= 11 is 12.7. The summed E-state index contributed by atoms with van der Waals surface area (Å²) in [6.45, 7) is 5.88. The molecule has 0 spiro atoms. The summed E-state index contributed by atoms with van der Waals surface area (Å²) in [7, 11) is 0. The first-order valence-corrected chi connectivity index (χ1v) is 7.96. The predicted molar refractivity (Wildman–Crippen MR) is 86.9 cm³/mol. The number of aryl methyl sites for hydroxylation is 1. The van der Waals surface area contributed by atoms with Gasteiger partial charge in [0.05, 0.1) is 0 Å². The highest BCUT2D eigenvalue weighted by Crippen LogP contribution is 2.31. The normalized spacial score (nSPS) is 12.6. The molecule has 0 radical (unpaired) electrons. The van der Waals surface area contributed by atoms with Crippen molar-refractivity contribution >= 4 is 23.2 Å². The van der Waals surface area contributed by atoms with Crippen molar-refractivity contribution in [3.05, 3.63) is 46.0 Å². The zero-order valence-corrected chi connectivity index (χ0v) is 13.8. The molecule has 0 fully saturated rings. The van der Waals surface area contributed by atoms with Gasteiger partial charge in [-0.25, -0.2) is 4.98 Å². The minimum atomic E-state index is 0.0241. The minimum Gasteiger partial charge on any atom is -0.310 e. The van der Waals surface area contributed by atoms with Gasteiger partial charge in [-0.3, -0.25) is 4.68 Å². The highest BCUT2D eigenvalue weighted by atomic mass is 35.5. The van der Waals surface area contributed by atoms with Crippen LogP contribution < -0.4 is 5.32 Å². The summed E-state index contributed by atoms with van der Waals surface area (Å²) in [6, 6.07) is 5.61. The lowest BCUT2D eigenvalue weighted by atomic mass is 10.0. The Labute approximate surface area is 135 Å². The van der Waals surface area contributed by atoms with E-state index >= 15 is 0 Å². The van der Waals surface area contributed by atoms with Crippen LogP contribution in [0.5, 0.6) is 0 Å². The fourth-order valence-corrected chi connectivity index (χ4v) is 3.05. The molecule has 0 amide bonds. The third-order valence-corrected chi connectivity index (χ3v) is 3.98. The molecule has 4 nitrogen and oxygen atoms in total. The largest absolute Gasteiger partial charge is 0.310 e. The fourth-order valence-electron chi connectivity index (χ4n) is 2.39. The van der Waals surface area contributed by atoms with Crippen molar-refractivity contribution in [1.29, 1.82) is 0 Å². The Morgan fingerprint density at radius 3 is 2.57 bits per heavy atom. The van der Waals surface area contributed by atoms with Gasteiger partial charge in [-0.15, -0.1) is 0 Å². The highest BCUT2D eigenvalue weighted by molar-refractivity contribution is 6.36. The molecule has 0 saturated heterocycles. The van der Waals surface area contributed by atoms with Crippen LogP contribution in [-0.2, 0) is 13.0 Å². The van der Waals surface area contributed by atoms with E-state index in [0.717, 1.165) is 30.9 Å². The highest BCUT2D eigenvalue weighted by Gasteiger charge is 2.20. The molecule has 21 heavy (non-hydrogen) atoms. The van der Waals surface area contributed by atoms with Crippen molar-refractivity contribution in [3.63, 3.8) is 0 Å². The van der Waals surface area contributed by atoms with E-state index in [9.17, 15) is 0 Å². The molecule has 0 saturated carbocycles. The number of benzene rings is 1. The molecule has 0 aliphatic rings. The van der Waals surface area contributed by atoms with E-state index in [0.29, 0.717) is 16.5 Å². The lowest BCUT2D eigenvalue weighted by molar-refractivity contribution is 0.499. The first kappa shape index (κ1) is 16.3. The minimum absolute atomic E-state index is 0.0241. The molecule has 6 heteroatoms. The number of rotatable bonds is 7. The molecular formula is C15H20Cl2N4. The fraction of sp³-hybridized carbons (Fsp3) is 0.467. The third-order valence-electron chi connectivity index (χ3n) is 3.32. The number of nitrogens with zero attached hydrogens (tertiary/aromatic N) is 3. The van der Waals surface area contributed by atoms with Crippen LogP contribution in [0.3, 0.4) is 0 Å². The summed E-state index contributed by atoms with van der Waals surface area (Å²) in [5.74, 6) is 0.943. The Hall–Kier alpha value is -1.10. The Morgan fingerprint density at radius 2 is 1.95 bits per heavy atom. The number of hydrogen-bond donors (Lipinski definition) is 1. The van der Waals surface area contributed by atoms with Crippen molar-refractivity contribution in [2.45, 2.75) is 39.3 Å². The molecule has 1 N–H and O–H groups in total. The van der Waals surface area contributed by atoms with Crippen LogP contribution in [-0.4, -0.2) is 21.3 Å². The van der Waals surface area contributed by atoms with Crippen molar-refractivity contribution < 1.29 is 0 Å². The zero-order chi connectivity index (χ0) is 15.2. The van der Waals surface area contributed by atoms with Gasteiger partial charge >= 0.3 is 0 Å². The van der Waals surface area contributed by atoms with E-state index in [-0.39, 0.29) is 6.04 Å². The molecule has 0 aliphatic carbocycles. The summed E-state index contributed by atoms with van der Waals surface area (Å²) in [6.07, 6.45) is 3.33. The van der Waals surface area contributed by atoms with Crippen LogP contribution in [0.2, 0.25) is 10.0 Å². The second kappa shape index (κ2) is 7.78. The maximum Gasteiger partial charge on any atom is 0.138 e. The first-order valence-electron chi connectivity index (χ1n) is 7.21. The standard InChI is InChI=1S/C15H20Cl2N4/c1-3-8-21-14(19-10-20-21)9-13(18-4-2)15-11(16)6-5-7-12(15)17/h5-7,10,13,18H,3-4,8-9H2,1-2H3. The summed E-state index contributed by atoms with van der Waals surface area (Å²) in [4.78, 5) is 4.37. The number of aromatic nitrogens is 3. The van der Waals surface area contributed by atoms with Gasteiger partial charge in [0.25, 0.3) is 0 Å². The molecule has 1 atom stereocenters. The van der Waals surface area contributed by atoms with E-state index in [2.05, 4.69) is 29.2 Å².